The van der Waals surface area contributed by atoms with Gasteiger partial charge in [0, 0.05) is 20.8 Å². The first-order valence-corrected chi connectivity index (χ1v) is 8.25. The molecule has 0 N–H and O–H groups in total. The van der Waals surface area contributed by atoms with E-state index < -0.39 is 0 Å². The predicted octanol–water partition coefficient (Wildman–Crippen LogP) is 4.94. The number of aryl methyl sites for hydroxylation is 1. The van der Waals surface area contributed by atoms with Crippen LogP contribution in [0.5, 0.6) is 5.75 Å². The highest BCUT2D eigenvalue weighted by Gasteiger charge is 2.32. The van der Waals surface area contributed by atoms with Crippen LogP contribution in [0.3, 0.4) is 0 Å². The Kier molecular flexibility index (Phi) is 4.96. The second-order valence-corrected chi connectivity index (χ2v) is 7.13. The molecule has 1 heterocycles. The summed E-state index contributed by atoms with van der Waals surface area (Å²) in [4.78, 5) is 0.267. The van der Waals surface area contributed by atoms with Crippen LogP contribution in [0.15, 0.2) is 10.5 Å². The Labute approximate surface area is 132 Å². The van der Waals surface area contributed by atoms with Crippen molar-refractivity contribution in [1.82, 2.24) is 0 Å². The summed E-state index contributed by atoms with van der Waals surface area (Å²) < 4.78 is 12.5. The first-order chi connectivity index (χ1) is 8.95. The second kappa shape index (κ2) is 6.15. The van der Waals surface area contributed by atoms with Gasteiger partial charge in [0.15, 0.2) is 0 Å². The molecule has 1 saturated heterocycles. The molecule has 1 fully saturated rings. The fourth-order valence-electron chi connectivity index (χ4n) is 2.77. The average molecular weight is 392 g/mol. The lowest BCUT2D eigenvalue weighted by Gasteiger charge is -2.23. The van der Waals surface area contributed by atoms with Crippen LogP contribution in [-0.4, -0.2) is 19.8 Å². The van der Waals surface area contributed by atoms with E-state index >= 15 is 0 Å². The zero-order valence-electron chi connectivity index (χ0n) is 11.8. The van der Waals surface area contributed by atoms with Gasteiger partial charge in [-0.3, -0.25) is 0 Å². The van der Waals surface area contributed by atoms with Crippen molar-refractivity contribution >= 4 is 31.9 Å². The van der Waals surface area contributed by atoms with E-state index in [9.17, 15) is 0 Å². The Balaban J connectivity index is 2.42. The Hall–Kier alpha value is -0.0600. The lowest BCUT2D eigenvalue weighted by atomic mass is 9.92. The number of alkyl halides is 1. The molecule has 2 rings (SSSR count). The van der Waals surface area contributed by atoms with Crippen LogP contribution in [0.4, 0.5) is 0 Å². The van der Waals surface area contributed by atoms with Crippen molar-refractivity contribution in [3.63, 3.8) is 0 Å². The van der Waals surface area contributed by atoms with Crippen molar-refractivity contribution in [3.05, 3.63) is 27.2 Å². The Morgan fingerprint density at radius 2 is 2.11 bits per heavy atom. The summed E-state index contributed by atoms with van der Waals surface area (Å²) in [6.07, 6.45) is 1.44. The van der Waals surface area contributed by atoms with Gasteiger partial charge in [0.05, 0.1) is 19.8 Å². The topological polar surface area (TPSA) is 18.5 Å². The number of benzene rings is 1. The van der Waals surface area contributed by atoms with Gasteiger partial charge in [0.2, 0.25) is 0 Å². The van der Waals surface area contributed by atoms with E-state index in [1.165, 1.54) is 11.1 Å². The number of hydrogen-bond acceptors (Lipinski definition) is 2. The van der Waals surface area contributed by atoms with E-state index in [4.69, 9.17) is 9.47 Å². The molecule has 106 valence electrons. The molecule has 0 radical (unpaired) electrons. The van der Waals surface area contributed by atoms with Crippen molar-refractivity contribution in [2.24, 2.45) is 5.92 Å². The number of rotatable bonds is 3. The molecule has 3 unspecified atom stereocenters. The van der Waals surface area contributed by atoms with Crippen molar-refractivity contribution in [2.75, 3.05) is 13.7 Å². The molecule has 19 heavy (non-hydrogen) atoms. The zero-order valence-corrected chi connectivity index (χ0v) is 15.0. The summed E-state index contributed by atoms with van der Waals surface area (Å²) in [5.41, 5.74) is 3.65. The van der Waals surface area contributed by atoms with E-state index in [1.807, 2.05) is 0 Å². The minimum Gasteiger partial charge on any atom is -0.496 e. The third kappa shape index (κ3) is 3.01. The van der Waals surface area contributed by atoms with Gasteiger partial charge >= 0.3 is 0 Å². The molecule has 0 aromatic heterocycles. The molecule has 0 bridgehead atoms. The molecule has 4 heteroatoms. The highest BCUT2D eigenvalue weighted by molar-refractivity contribution is 9.10. The standard InChI is InChI=1S/C15H20Br2O2/c1-8-5-12(16)10(3)13(15(8)18-4)14(17)11-6-9(2)19-7-11/h5,9,11,14H,6-7H2,1-4H3. The van der Waals surface area contributed by atoms with Crippen LogP contribution in [0.1, 0.15) is 34.9 Å². The zero-order chi connectivity index (χ0) is 14.2. The van der Waals surface area contributed by atoms with Gasteiger partial charge in [-0.15, -0.1) is 0 Å². The summed E-state index contributed by atoms with van der Waals surface area (Å²) >= 11 is 7.51. The predicted molar refractivity (Wildman–Crippen MR) is 85.4 cm³/mol. The molecule has 1 aromatic carbocycles. The Morgan fingerprint density at radius 1 is 1.42 bits per heavy atom. The van der Waals surface area contributed by atoms with Crippen molar-refractivity contribution in [2.45, 2.75) is 38.1 Å². The van der Waals surface area contributed by atoms with Crippen LogP contribution in [-0.2, 0) is 4.74 Å². The van der Waals surface area contributed by atoms with E-state index in [-0.39, 0.29) is 4.83 Å². The third-order valence-electron chi connectivity index (χ3n) is 3.83. The highest BCUT2D eigenvalue weighted by Crippen LogP contribution is 2.45. The number of ether oxygens (including phenoxy) is 2. The van der Waals surface area contributed by atoms with Gasteiger partial charge in [0.1, 0.15) is 5.75 Å². The van der Waals surface area contributed by atoms with Gasteiger partial charge < -0.3 is 9.47 Å². The number of halogens is 2. The second-order valence-electron chi connectivity index (χ2n) is 5.29. The summed E-state index contributed by atoms with van der Waals surface area (Å²) in [5.74, 6) is 1.48. The van der Waals surface area contributed by atoms with E-state index in [0.717, 1.165) is 28.8 Å². The maximum atomic E-state index is 5.70. The molecule has 3 atom stereocenters. The Bertz CT molecular complexity index is 474. The molecular formula is C15H20Br2O2. The largest absolute Gasteiger partial charge is 0.496 e. The van der Waals surface area contributed by atoms with Gasteiger partial charge in [-0.1, -0.05) is 31.9 Å². The van der Waals surface area contributed by atoms with Crippen LogP contribution in [0.2, 0.25) is 0 Å². The van der Waals surface area contributed by atoms with Gasteiger partial charge in [-0.25, -0.2) is 0 Å². The summed E-state index contributed by atoms with van der Waals surface area (Å²) in [6, 6.07) is 2.12. The monoisotopic (exact) mass is 390 g/mol. The quantitative estimate of drug-likeness (QED) is 0.679. The van der Waals surface area contributed by atoms with E-state index in [0.29, 0.717) is 12.0 Å². The SMILES string of the molecule is COc1c(C)cc(Br)c(C)c1C(Br)C1COC(C)C1. The van der Waals surface area contributed by atoms with Crippen LogP contribution in [0.25, 0.3) is 0 Å². The van der Waals surface area contributed by atoms with Crippen molar-refractivity contribution in [3.8, 4) is 5.75 Å². The first kappa shape index (κ1) is 15.3. The highest BCUT2D eigenvalue weighted by atomic mass is 79.9. The fourth-order valence-corrected chi connectivity index (χ4v) is 4.24. The average Bonchev–Trinajstić information content (AvgIpc) is 2.79. The smallest absolute Gasteiger partial charge is 0.126 e. The molecule has 0 spiro atoms. The van der Waals surface area contributed by atoms with Crippen LogP contribution < -0.4 is 4.74 Å². The Morgan fingerprint density at radius 3 is 2.63 bits per heavy atom. The van der Waals surface area contributed by atoms with Crippen molar-refractivity contribution < 1.29 is 9.47 Å². The normalized spacial score (nSPS) is 24.5. The summed E-state index contributed by atoms with van der Waals surface area (Å²) in [5, 5.41) is 0. The fraction of sp³-hybridized carbons (Fsp3) is 0.600. The number of methoxy groups -OCH3 is 1. The molecule has 1 aliphatic rings. The molecule has 0 aliphatic carbocycles. The molecule has 0 saturated carbocycles. The lowest BCUT2D eigenvalue weighted by molar-refractivity contribution is 0.120. The lowest BCUT2D eigenvalue weighted by Crippen LogP contribution is -2.11. The van der Waals surface area contributed by atoms with Gasteiger partial charge in [-0.2, -0.15) is 0 Å². The van der Waals surface area contributed by atoms with Crippen molar-refractivity contribution in [1.29, 1.82) is 0 Å². The molecule has 0 amide bonds. The van der Waals surface area contributed by atoms with Gasteiger partial charge in [-0.05, 0) is 44.4 Å². The van der Waals surface area contributed by atoms with E-state index in [2.05, 4.69) is 58.7 Å². The summed E-state index contributed by atoms with van der Waals surface area (Å²) in [7, 11) is 1.74. The molecule has 1 aliphatic heterocycles. The molecule has 2 nitrogen and oxygen atoms in total. The minimum absolute atomic E-state index is 0.267. The summed E-state index contributed by atoms with van der Waals surface area (Å²) in [6.45, 7) is 7.16. The van der Waals surface area contributed by atoms with Crippen LogP contribution >= 0.6 is 31.9 Å². The maximum Gasteiger partial charge on any atom is 0.126 e. The van der Waals surface area contributed by atoms with E-state index in [1.54, 1.807) is 7.11 Å². The maximum absolute atomic E-state index is 5.70. The van der Waals surface area contributed by atoms with Gasteiger partial charge in [0.25, 0.3) is 0 Å². The minimum atomic E-state index is 0.267. The first-order valence-electron chi connectivity index (χ1n) is 6.55. The molecule has 1 aromatic rings. The van der Waals surface area contributed by atoms with Crippen LogP contribution in [0, 0.1) is 19.8 Å². The third-order valence-corrected chi connectivity index (χ3v) is 5.86. The number of hydrogen-bond donors (Lipinski definition) is 0. The molecular weight excluding hydrogens is 372 g/mol.